The number of rotatable bonds is 5. The van der Waals surface area contributed by atoms with Crippen molar-refractivity contribution in [3.8, 4) is 0 Å². The van der Waals surface area contributed by atoms with Gasteiger partial charge >= 0.3 is 5.97 Å². The fourth-order valence-corrected chi connectivity index (χ4v) is 5.28. The zero-order valence-electron chi connectivity index (χ0n) is 14.4. The Morgan fingerprint density at radius 2 is 1.58 bits per heavy atom. The second-order valence-electron chi connectivity index (χ2n) is 6.05. The molecule has 2 unspecified atom stereocenters. The van der Waals surface area contributed by atoms with Gasteiger partial charge in [-0.15, -0.1) is 10.2 Å². The summed E-state index contributed by atoms with van der Waals surface area (Å²) < 4.78 is 29.8. The molecule has 0 N–H and O–H groups in total. The topological polar surface area (TPSA) is 86.2 Å². The molecular formula is C18H20N2O4S2. The summed E-state index contributed by atoms with van der Waals surface area (Å²) >= 11 is 0. The molecule has 0 radical (unpaired) electrons. The number of benzene rings is 1. The van der Waals surface area contributed by atoms with Crippen LogP contribution < -0.4 is 0 Å². The highest BCUT2D eigenvalue weighted by Crippen LogP contribution is 2.25. The van der Waals surface area contributed by atoms with E-state index in [4.69, 9.17) is 0 Å². The quantitative estimate of drug-likeness (QED) is 0.727. The summed E-state index contributed by atoms with van der Waals surface area (Å²) in [6.45, 7) is 0. The number of hydrogen-bond acceptors (Lipinski definition) is 6. The van der Waals surface area contributed by atoms with Crippen molar-refractivity contribution in [1.82, 2.24) is 10.2 Å². The van der Waals surface area contributed by atoms with E-state index in [1.807, 2.05) is 0 Å². The number of nitrogens with zero attached hydrogens (tertiary/aromatic N) is 2. The van der Waals surface area contributed by atoms with Gasteiger partial charge in [0.05, 0.1) is 23.5 Å². The number of ether oxygens (including phenoxy) is 1. The highest BCUT2D eigenvalue weighted by Gasteiger charge is 2.22. The van der Waals surface area contributed by atoms with Crippen LogP contribution in [0.5, 0.6) is 0 Å². The van der Waals surface area contributed by atoms with Crippen LogP contribution in [0.25, 0.3) is 0 Å². The van der Waals surface area contributed by atoms with E-state index in [-0.39, 0.29) is 5.25 Å². The molecule has 1 aliphatic carbocycles. The maximum Gasteiger partial charge on any atom is 0.337 e. The Hall–Kier alpha value is -1.93. The van der Waals surface area contributed by atoms with Crippen LogP contribution in [0, 0.1) is 0 Å². The first-order chi connectivity index (χ1) is 12.6. The molecule has 1 aromatic heterocycles. The molecule has 138 valence electrons. The summed E-state index contributed by atoms with van der Waals surface area (Å²) in [5.41, 5.74) is 0.387. The van der Waals surface area contributed by atoms with Crippen molar-refractivity contribution in [2.24, 2.45) is 0 Å². The van der Waals surface area contributed by atoms with Gasteiger partial charge in [-0.2, -0.15) is 0 Å². The van der Waals surface area contributed by atoms with Gasteiger partial charge in [0.15, 0.2) is 5.03 Å². The minimum atomic E-state index is -1.52. The maximum atomic E-state index is 12.6. The van der Waals surface area contributed by atoms with E-state index >= 15 is 0 Å². The molecular weight excluding hydrogens is 372 g/mol. The van der Waals surface area contributed by atoms with Gasteiger partial charge in [-0.1, -0.05) is 19.3 Å². The number of hydrogen-bond donors (Lipinski definition) is 0. The second kappa shape index (κ2) is 8.64. The van der Waals surface area contributed by atoms with E-state index in [2.05, 4.69) is 14.9 Å². The van der Waals surface area contributed by atoms with Gasteiger partial charge in [-0.05, 0) is 49.2 Å². The SMILES string of the molecule is COC(=O)c1ccc(S(=O)c2ccc(S(=O)C3CCCCC3)nn2)cc1. The largest absolute Gasteiger partial charge is 0.465 e. The van der Waals surface area contributed by atoms with Crippen molar-refractivity contribution >= 4 is 27.6 Å². The van der Waals surface area contributed by atoms with Crippen LogP contribution in [0.4, 0.5) is 0 Å². The fraction of sp³-hybridized carbons (Fsp3) is 0.389. The first-order valence-corrected chi connectivity index (χ1v) is 10.8. The molecule has 3 rings (SSSR count). The molecule has 1 aromatic carbocycles. The molecule has 26 heavy (non-hydrogen) atoms. The molecule has 0 spiro atoms. The first kappa shape index (κ1) is 18.8. The van der Waals surface area contributed by atoms with E-state index in [9.17, 15) is 13.2 Å². The molecule has 2 aromatic rings. The Bertz CT molecular complexity index is 816. The monoisotopic (exact) mass is 392 g/mol. The number of carbonyl (C=O) groups excluding carboxylic acids is 1. The molecule has 1 aliphatic rings. The van der Waals surface area contributed by atoms with Gasteiger partial charge in [-0.25, -0.2) is 9.00 Å². The van der Waals surface area contributed by atoms with E-state index in [0.717, 1.165) is 25.7 Å². The van der Waals surface area contributed by atoms with E-state index in [0.29, 0.717) is 20.5 Å². The average Bonchev–Trinajstić information content (AvgIpc) is 2.73. The molecule has 0 bridgehead atoms. The van der Waals surface area contributed by atoms with E-state index in [1.54, 1.807) is 36.4 Å². The minimum Gasteiger partial charge on any atom is -0.465 e. The van der Waals surface area contributed by atoms with Gasteiger partial charge < -0.3 is 4.74 Å². The zero-order chi connectivity index (χ0) is 18.5. The molecule has 1 heterocycles. The van der Waals surface area contributed by atoms with Gasteiger partial charge in [0.1, 0.15) is 15.8 Å². The van der Waals surface area contributed by atoms with Crippen LogP contribution in [-0.2, 0) is 26.3 Å². The predicted octanol–water partition coefficient (Wildman–Crippen LogP) is 2.87. The van der Waals surface area contributed by atoms with Crippen LogP contribution in [0.2, 0.25) is 0 Å². The third kappa shape index (κ3) is 4.24. The molecule has 2 atom stereocenters. The minimum absolute atomic E-state index is 0.139. The summed E-state index contributed by atoms with van der Waals surface area (Å²) in [5.74, 6) is -0.448. The van der Waals surface area contributed by atoms with Crippen molar-refractivity contribution < 1.29 is 17.9 Å². The fourth-order valence-electron chi connectivity index (χ4n) is 2.92. The number of esters is 1. The lowest BCUT2D eigenvalue weighted by Gasteiger charge is -2.20. The third-order valence-corrected chi connectivity index (χ3v) is 7.36. The van der Waals surface area contributed by atoms with Crippen LogP contribution in [0.15, 0.2) is 51.3 Å². The van der Waals surface area contributed by atoms with Crippen LogP contribution in [0.1, 0.15) is 42.5 Å². The van der Waals surface area contributed by atoms with Crippen molar-refractivity contribution in [1.29, 1.82) is 0 Å². The summed E-state index contributed by atoms with van der Waals surface area (Å²) in [5, 5.41) is 8.93. The highest BCUT2D eigenvalue weighted by atomic mass is 32.2. The standard InChI is InChI=1S/C18H20N2O4S2/c1-24-18(21)13-7-9-15(10-8-13)26(23)17-12-11-16(19-20-17)25(22)14-5-3-2-4-6-14/h7-12,14H,2-6H2,1H3. The molecule has 8 heteroatoms. The van der Waals surface area contributed by atoms with Crippen molar-refractivity contribution in [2.45, 2.75) is 52.3 Å². The van der Waals surface area contributed by atoms with Crippen molar-refractivity contribution in [2.75, 3.05) is 7.11 Å². The first-order valence-electron chi connectivity index (χ1n) is 8.44. The highest BCUT2D eigenvalue weighted by molar-refractivity contribution is 7.85. The zero-order valence-corrected chi connectivity index (χ0v) is 16.1. The van der Waals surface area contributed by atoms with Crippen molar-refractivity contribution in [3.05, 3.63) is 42.0 Å². The average molecular weight is 393 g/mol. The smallest absolute Gasteiger partial charge is 0.337 e. The lowest BCUT2D eigenvalue weighted by atomic mass is 10.0. The summed E-state index contributed by atoms with van der Waals surface area (Å²) in [6, 6.07) is 9.55. The Morgan fingerprint density at radius 1 is 0.962 bits per heavy atom. The van der Waals surface area contributed by atoms with Crippen LogP contribution in [-0.4, -0.2) is 36.9 Å². The molecule has 1 saturated carbocycles. The number of methoxy groups -OCH3 is 1. The maximum absolute atomic E-state index is 12.6. The molecule has 0 saturated heterocycles. The predicted molar refractivity (Wildman–Crippen MR) is 97.8 cm³/mol. The molecule has 6 nitrogen and oxygen atoms in total. The van der Waals surface area contributed by atoms with Crippen LogP contribution in [0.3, 0.4) is 0 Å². The number of aromatic nitrogens is 2. The summed E-state index contributed by atoms with van der Waals surface area (Å²) in [6.07, 6.45) is 5.32. The normalized spacial score (nSPS) is 17.4. The lowest BCUT2D eigenvalue weighted by Crippen LogP contribution is -2.19. The molecule has 1 fully saturated rings. The Morgan fingerprint density at radius 3 is 2.15 bits per heavy atom. The third-order valence-electron chi connectivity index (χ3n) is 4.36. The van der Waals surface area contributed by atoms with Gasteiger partial charge in [0.25, 0.3) is 0 Å². The van der Waals surface area contributed by atoms with Gasteiger partial charge in [-0.3, -0.25) is 4.21 Å². The molecule has 0 amide bonds. The van der Waals surface area contributed by atoms with Gasteiger partial charge in [0, 0.05) is 10.1 Å². The second-order valence-corrected chi connectivity index (χ2v) is 9.16. The lowest BCUT2D eigenvalue weighted by molar-refractivity contribution is 0.0600. The Kier molecular flexibility index (Phi) is 6.26. The Labute approximate surface area is 157 Å². The molecule has 0 aliphatic heterocycles. The summed E-state index contributed by atoms with van der Waals surface area (Å²) in [7, 11) is -1.38. The Balaban J connectivity index is 1.72. The van der Waals surface area contributed by atoms with Crippen molar-refractivity contribution in [3.63, 3.8) is 0 Å². The van der Waals surface area contributed by atoms with E-state index in [1.165, 1.54) is 13.5 Å². The van der Waals surface area contributed by atoms with Crippen LogP contribution >= 0.6 is 0 Å². The summed E-state index contributed by atoms with van der Waals surface area (Å²) in [4.78, 5) is 12.0. The van der Waals surface area contributed by atoms with Gasteiger partial charge in [0.2, 0.25) is 0 Å². The number of carbonyl (C=O) groups is 1. The van der Waals surface area contributed by atoms with E-state index < -0.39 is 27.6 Å².